The van der Waals surface area contributed by atoms with E-state index < -0.39 is 129 Å². The Hall–Kier alpha value is -2.44. The standard InChI is InChI=1S/C30H54O16/c1-7-28(4,24(40)44-13-20(36)9-32)17-30(6,26(42)46-15-22(38)11-34)18-29(5,25(41)45-14-21(37)10-33)16-27(2,3)23(39)43-12-19(35)8-31/h19-22,31-38H,7-18H2,1-6H3. The summed E-state index contributed by atoms with van der Waals surface area (Å²) in [5.74, 6) is -3.67. The Labute approximate surface area is 269 Å². The van der Waals surface area contributed by atoms with E-state index in [0.717, 1.165) is 0 Å². The molecular weight excluding hydrogens is 616 g/mol. The van der Waals surface area contributed by atoms with Crippen LogP contribution < -0.4 is 0 Å². The summed E-state index contributed by atoms with van der Waals surface area (Å²) in [5, 5.41) is 75.5. The average molecular weight is 671 g/mol. The molecule has 0 aromatic carbocycles. The number of esters is 4. The van der Waals surface area contributed by atoms with Gasteiger partial charge in [0.2, 0.25) is 0 Å². The second-order valence-electron chi connectivity index (χ2n) is 13.2. The Balaban J connectivity index is 6.83. The molecule has 0 fully saturated rings. The molecule has 0 amide bonds. The Morgan fingerprint density at radius 2 is 0.739 bits per heavy atom. The van der Waals surface area contributed by atoms with Crippen molar-refractivity contribution in [1.82, 2.24) is 0 Å². The van der Waals surface area contributed by atoms with E-state index in [2.05, 4.69) is 0 Å². The number of aliphatic hydroxyl groups excluding tert-OH is 8. The van der Waals surface area contributed by atoms with E-state index in [-0.39, 0.29) is 19.3 Å². The van der Waals surface area contributed by atoms with Crippen LogP contribution in [0.4, 0.5) is 0 Å². The summed E-state index contributed by atoms with van der Waals surface area (Å²) >= 11 is 0. The van der Waals surface area contributed by atoms with E-state index in [0.29, 0.717) is 0 Å². The van der Waals surface area contributed by atoms with Gasteiger partial charge in [-0.25, -0.2) is 0 Å². The van der Waals surface area contributed by atoms with Gasteiger partial charge in [0, 0.05) is 0 Å². The van der Waals surface area contributed by atoms with Crippen molar-refractivity contribution in [3.05, 3.63) is 0 Å². The Morgan fingerprint density at radius 1 is 0.478 bits per heavy atom. The van der Waals surface area contributed by atoms with Crippen molar-refractivity contribution >= 4 is 23.9 Å². The minimum Gasteiger partial charge on any atom is -0.462 e. The summed E-state index contributed by atoms with van der Waals surface area (Å²) < 4.78 is 20.9. The number of carbonyl (C=O) groups excluding carboxylic acids is 4. The average Bonchev–Trinajstić information content (AvgIpc) is 3.01. The van der Waals surface area contributed by atoms with E-state index in [1.807, 2.05) is 0 Å². The minimum atomic E-state index is -1.76. The molecule has 16 nitrogen and oxygen atoms in total. The van der Waals surface area contributed by atoms with Gasteiger partial charge in [-0.2, -0.15) is 0 Å². The van der Waals surface area contributed by atoms with Crippen LogP contribution in [0.15, 0.2) is 0 Å². The molecular formula is C30H54O16. The molecule has 0 rings (SSSR count). The summed E-state index contributed by atoms with van der Waals surface area (Å²) in [4.78, 5) is 53.7. The van der Waals surface area contributed by atoms with Gasteiger partial charge >= 0.3 is 23.9 Å². The monoisotopic (exact) mass is 670 g/mol. The molecule has 0 saturated heterocycles. The highest BCUT2D eigenvalue weighted by atomic mass is 16.6. The van der Waals surface area contributed by atoms with Crippen molar-refractivity contribution in [3.8, 4) is 0 Å². The third-order valence-corrected chi connectivity index (χ3v) is 7.67. The third-order valence-electron chi connectivity index (χ3n) is 7.67. The van der Waals surface area contributed by atoms with Crippen LogP contribution in [0.3, 0.4) is 0 Å². The van der Waals surface area contributed by atoms with Gasteiger partial charge in [-0.1, -0.05) is 6.92 Å². The molecule has 0 radical (unpaired) electrons. The Morgan fingerprint density at radius 3 is 1.04 bits per heavy atom. The fourth-order valence-corrected chi connectivity index (χ4v) is 5.14. The zero-order chi connectivity index (χ0) is 35.9. The molecule has 0 aromatic rings. The van der Waals surface area contributed by atoms with E-state index in [1.54, 1.807) is 6.92 Å². The first kappa shape index (κ1) is 43.6. The number of ether oxygens (including phenoxy) is 4. The van der Waals surface area contributed by atoms with Gasteiger partial charge in [-0.05, 0) is 60.3 Å². The fraction of sp³-hybridized carbons (Fsp3) is 0.867. The smallest absolute Gasteiger partial charge is 0.311 e. The van der Waals surface area contributed by atoms with Gasteiger partial charge in [0.15, 0.2) is 0 Å². The van der Waals surface area contributed by atoms with Gasteiger partial charge < -0.3 is 59.8 Å². The van der Waals surface area contributed by atoms with Crippen molar-refractivity contribution in [2.75, 3.05) is 52.9 Å². The Kier molecular flexibility index (Phi) is 18.4. The molecule has 16 heteroatoms. The Bertz CT molecular complexity index is 973. The number of aliphatic hydroxyl groups is 8. The molecule has 0 aliphatic heterocycles. The molecule has 0 heterocycles. The SMILES string of the molecule is CCC(C)(CC(C)(CC(C)(CC(C)(C)C(=O)OCC(O)CO)C(=O)OCC(O)CO)C(=O)OCC(O)CO)C(=O)OCC(O)CO. The molecule has 8 N–H and O–H groups in total. The molecule has 7 atom stereocenters. The normalized spacial score (nSPS) is 18.5. The lowest BCUT2D eigenvalue weighted by Gasteiger charge is -2.42. The van der Waals surface area contributed by atoms with Gasteiger partial charge in [0.05, 0.1) is 48.1 Å². The van der Waals surface area contributed by atoms with E-state index >= 15 is 0 Å². The summed E-state index contributed by atoms with van der Waals surface area (Å²) in [6.07, 6.45) is -6.60. The highest BCUT2D eigenvalue weighted by molar-refractivity contribution is 5.84. The van der Waals surface area contributed by atoms with Crippen molar-refractivity contribution < 1.29 is 79.0 Å². The van der Waals surface area contributed by atoms with Gasteiger partial charge in [0.1, 0.15) is 50.8 Å². The minimum absolute atomic E-state index is 0.0953. The molecule has 0 bridgehead atoms. The summed E-state index contributed by atoms with van der Waals surface area (Å²) in [5.41, 5.74) is -6.44. The van der Waals surface area contributed by atoms with Gasteiger partial charge in [-0.15, -0.1) is 0 Å². The number of carbonyl (C=O) groups is 4. The van der Waals surface area contributed by atoms with Crippen LogP contribution in [0.5, 0.6) is 0 Å². The second-order valence-corrected chi connectivity index (χ2v) is 13.2. The zero-order valence-electron chi connectivity index (χ0n) is 27.6. The van der Waals surface area contributed by atoms with Crippen LogP contribution in [0.1, 0.15) is 67.2 Å². The van der Waals surface area contributed by atoms with Crippen molar-refractivity contribution in [3.63, 3.8) is 0 Å². The van der Waals surface area contributed by atoms with Crippen LogP contribution in [0, 0.1) is 21.7 Å². The highest BCUT2D eigenvalue weighted by Gasteiger charge is 2.53. The molecule has 0 spiro atoms. The molecule has 0 aliphatic carbocycles. The molecule has 46 heavy (non-hydrogen) atoms. The molecule has 270 valence electrons. The molecule has 0 aliphatic rings. The van der Waals surface area contributed by atoms with Crippen LogP contribution >= 0.6 is 0 Å². The van der Waals surface area contributed by atoms with E-state index in [1.165, 1.54) is 34.6 Å². The lowest BCUT2D eigenvalue weighted by atomic mass is 9.61. The first-order valence-corrected chi connectivity index (χ1v) is 15.0. The van der Waals surface area contributed by atoms with Crippen molar-refractivity contribution in [1.29, 1.82) is 0 Å². The van der Waals surface area contributed by atoms with Gasteiger partial charge in [0.25, 0.3) is 0 Å². The largest absolute Gasteiger partial charge is 0.462 e. The summed E-state index contributed by atoms with van der Waals surface area (Å²) in [6.45, 7) is 3.62. The zero-order valence-corrected chi connectivity index (χ0v) is 27.6. The predicted octanol–water partition coefficient (Wildman–Crippen LogP) is -1.80. The quantitative estimate of drug-likeness (QED) is 0.0440. The summed E-state index contributed by atoms with van der Waals surface area (Å²) in [6, 6.07) is 0. The van der Waals surface area contributed by atoms with Crippen molar-refractivity contribution in [2.24, 2.45) is 21.7 Å². The fourth-order valence-electron chi connectivity index (χ4n) is 5.14. The van der Waals surface area contributed by atoms with Crippen molar-refractivity contribution in [2.45, 2.75) is 91.6 Å². The van der Waals surface area contributed by atoms with Crippen LogP contribution in [0.25, 0.3) is 0 Å². The lowest BCUT2D eigenvalue weighted by molar-refractivity contribution is -0.176. The maximum atomic E-state index is 13.7. The lowest BCUT2D eigenvalue weighted by Crippen LogP contribution is -2.48. The topological polar surface area (TPSA) is 267 Å². The van der Waals surface area contributed by atoms with Crippen LogP contribution in [0.2, 0.25) is 0 Å². The number of hydrogen-bond acceptors (Lipinski definition) is 16. The maximum absolute atomic E-state index is 13.7. The number of rotatable bonds is 23. The molecule has 7 unspecified atom stereocenters. The number of hydrogen-bond donors (Lipinski definition) is 8. The highest BCUT2D eigenvalue weighted by Crippen LogP contribution is 2.49. The molecule has 0 saturated carbocycles. The predicted molar refractivity (Wildman–Crippen MR) is 158 cm³/mol. The summed E-state index contributed by atoms with van der Waals surface area (Å²) in [7, 11) is 0. The van der Waals surface area contributed by atoms with E-state index in [9.17, 15) is 49.8 Å². The maximum Gasteiger partial charge on any atom is 0.311 e. The third kappa shape index (κ3) is 13.7. The van der Waals surface area contributed by atoms with Gasteiger partial charge in [-0.3, -0.25) is 19.2 Å². The van der Waals surface area contributed by atoms with E-state index in [4.69, 9.17) is 29.2 Å². The van der Waals surface area contributed by atoms with Crippen LogP contribution in [-0.4, -0.2) is 142 Å². The second kappa shape index (κ2) is 19.4. The first-order valence-electron chi connectivity index (χ1n) is 15.0. The van der Waals surface area contributed by atoms with Crippen LogP contribution in [-0.2, 0) is 38.1 Å². The molecule has 0 aromatic heterocycles. The first-order chi connectivity index (χ1) is 21.2.